The summed E-state index contributed by atoms with van der Waals surface area (Å²) in [7, 11) is 3.89. The average Bonchev–Trinajstić information content (AvgIpc) is 2.67. The predicted octanol–water partition coefficient (Wildman–Crippen LogP) is 3.06. The predicted molar refractivity (Wildman–Crippen MR) is 78.7 cm³/mol. The van der Waals surface area contributed by atoms with Gasteiger partial charge in [0.25, 0.3) is 0 Å². The molecule has 1 heterocycles. The number of imidazole rings is 1. The van der Waals surface area contributed by atoms with Gasteiger partial charge in [-0.2, -0.15) is 0 Å². The minimum absolute atomic E-state index is 0.189. The molecule has 0 fully saturated rings. The van der Waals surface area contributed by atoms with Crippen molar-refractivity contribution in [3.05, 3.63) is 40.0 Å². The van der Waals surface area contributed by atoms with Crippen molar-refractivity contribution in [1.82, 2.24) is 14.9 Å². The van der Waals surface area contributed by atoms with Crippen LogP contribution in [0.2, 0.25) is 0 Å². The van der Waals surface area contributed by atoms with Crippen LogP contribution in [0.1, 0.15) is 11.4 Å². The van der Waals surface area contributed by atoms with Gasteiger partial charge in [0.2, 0.25) is 0 Å². The summed E-state index contributed by atoms with van der Waals surface area (Å²) in [6.45, 7) is 2.64. The lowest BCUT2D eigenvalue weighted by Gasteiger charge is -2.02. The first-order chi connectivity index (χ1) is 9.04. The van der Waals surface area contributed by atoms with Crippen LogP contribution in [-0.2, 0) is 13.5 Å². The average molecular weight is 326 g/mol. The molecule has 1 aromatic heterocycles. The molecule has 102 valence electrons. The van der Waals surface area contributed by atoms with Crippen molar-refractivity contribution in [2.24, 2.45) is 7.05 Å². The van der Waals surface area contributed by atoms with Crippen LogP contribution in [0.5, 0.6) is 0 Å². The SMILES string of the molecule is CNCCc1nc(-c2ccc(F)c(C)c2)c(Br)n1C. The number of nitrogens with one attached hydrogen (secondary N) is 1. The summed E-state index contributed by atoms with van der Waals surface area (Å²) in [5.41, 5.74) is 2.42. The molecule has 0 saturated heterocycles. The molecule has 0 unspecified atom stereocenters. The summed E-state index contributed by atoms with van der Waals surface area (Å²) in [5, 5.41) is 3.11. The molecule has 19 heavy (non-hydrogen) atoms. The fraction of sp³-hybridized carbons (Fsp3) is 0.357. The lowest BCUT2D eigenvalue weighted by atomic mass is 10.1. The van der Waals surface area contributed by atoms with Crippen molar-refractivity contribution in [2.45, 2.75) is 13.3 Å². The molecule has 0 saturated carbocycles. The van der Waals surface area contributed by atoms with E-state index in [-0.39, 0.29) is 5.82 Å². The minimum Gasteiger partial charge on any atom is -0.325 e. The molecule has 5 heteroatoms. The van der Waals surface area contributed by atoms with Crippen LogP contribution in [-0.4, -0.2) is 23.1 Å². The van der Waals surface area contributed by atoms with Crippen molar-refractivity contribution in [2.75, 3.05) is 13.6 Å². The van der Waals surface area contributed by atoms with Crippen LogP contribution >= 0.6 is 15.9 Å². The maximum Gasteiger partial charge on any atom is 0.126 e. The number of nitrogens with zero attached hydrogens (tertiary/aromatic N) is 2. The van der Waals surface area contributed by atoms with Gasteiger partial charge in [-0.3, -0.25) is 0 Å². The Morgan fingerprint density at radius 1 is 1.42 bits per heavy atom. The van der Waals surface area contributed by atoms with Gasteiger partial charge in [0.15, 0.2) is 0 Å². The lowest BCUT2D eigenvalue weighted by molar-refractivity contribution is 0.619. The van der Waals surface area contributed by atoms with Crippen molar-refractivity contribution < 1.29 is 4.39 Å². The zero-order valence-corrected chi connectivity index (χ0v) is 12.9. The molecule has 2 aromatic rings. The Bertz CT molecular complexity index is 593. The number of halogens is 2. The highest BCUT2D eigenvalue weighted by molar-refractivity contribution is 9.10. The third-order valence-electron chi connectivity index (χ3n) is 3.15. The van der Waals surface area contributed by atoms with E-state index in [1.54, 1.807) is 13.0 Å². The smallest absolute Gasteiger partial charge is 0.126 e. The lowest BCUT2D eigenvalue weighted by Crippen LogP contribution is -2.13. The van der Waals surface area contributed by atoms with Crippen LogP contribution in [0.3, 0.4) is 0 Å². The first-order valence-corrected chi connectivity index (χ1v) is 6.96. The number of hydrogen-bond donors (Lipinski definition) is 1. The van der Waals surface area contributed by atoms with Crippen LogP contribution in [0.25, 0.3) is 11.3 Å². The molecule has 2 rings (SSSR count). The molecule has 0 amide bonds. The molecule has 0 aliphatic heterocycles. The van der Waals surface area contributed by atoms with Gasteiger partial charge >= 0.3 is 0 Å². The monoisotopic (exact) mass is 325 g/mol. The van der Waals surface area contributed by atoms with E-state index >= 15 is 0 Å². The van der Waals surface area contributed by atoms with E-state index in [2.05, 4.69) is 26.2 Å². The van der Waals surface area contributed by atoms with Gasteiger partial charge < -0.3 is 9.88 Å². The maximum atomic E-state index is 13.3. The normalized spacial score (nSPS) is 11.0. The number of benzene rings is 1. The second kappa shape index (κ2) is 5.84. The zero-order chi connectivity index (χ0) is 14.0. The molecule has 1 N–H and O–H groups in total. The van der Waals surface area contributed by atoms with E-state index in [4.69, 9.17) is 0 Å². The molecule has 0 spiro atoms. The molecule has 0 radical (unpaired) electrons. The molecule has 0 aliphatic carbocycles. The Kier molecular flexibility index (Phi) is 4.37. The molecule has 3 nitrogen and oxygen atoms in total. The third kappa shape index (κ3) is 2.87. The summed E-state index contributed by atoms with van der Waals surface area (Å²) in [6, 6.07) is 5.07. The molecule has 0 aliphatic rings. The number of aryl methyl sites for hydroxylation is 1. The Labute approximate surface area is 121 Å². The van der Waals surface area contributed by atoms with E-state index < -0.39 is 0 Å². The fourth-order valence-corrected chi connectivity index (χ4v) is 2.48. The van der Waals surface area contributed by atoms with Crippen LogP contribution in [0, 0.1) is 12.7 Å². The first-order valence-electron chi connectivity index (χ1n) is 6.16. The summed E-state index contributed by atoms with van der Waals surface area (Å²) in [6.07, 6.45) is 0.853. The van der Waals surface area contributed by atoms with Crippen molar-refractivity contribution >= 4 is 15.9 Å². The largest absolute Gasteiger partial charge is 0.325 e. The van der Waals surface area contributed by atoms with Gasteiger partial charge in [-0.1, -0.05) is 0 Å². The number of aromatic nitrogens is 2. The molecular formula is C14H17BrFN3. The summed E-state index contributed by atoms with van der Waals surface area (Å²) in [4.78, 5) is 4.64. The van der Waals surface area contributed by atoms with Gasteiger partial charge in [0.1, 0.15) is 21.9 Å². The Morgan fingerprint density at radius 2 is 2.16 bits per heavy atom. The van der Waals surface area contributed by atoms with Gasteiger partial charge in [-0.25, -0.2) is 9.37 Å². The summed E-state index contributed by atoms with van der Waals surface area (Å²) >= 11 is 3.56. The maximum absolute atomic E-state index is 13.3. The van der Waals surface area contributed by atoms with Gasteiger partial charge in [0, 0.05) is 25.6 Å². The second-order valence-electron chi connectivity index (χ2n) is 4.54. The molecular weight excluding hydrogens is 309 g/mol. The van der Waals surface area contributed by atoms with Gasteiger partial charge in [-0.05, 0) is 53.7 Å². The Balaban J connectivity index is 2.41. The third-order valence-corrected chi connectivity index (χ3v) is 4.06. The van der Waals surface area contributed by atoms with Crippen molar-refractivity contribution in [1.29, 1.82) is 0 Å². The number of rotatable bonds is 4. The molecule has 0 bridgehead atoms. The van der Waals surface area contributed by atoms with Crippen LogP contribution in [0.4, 0.5) is 4.39 Å². The van der Waals surface area contributed by atoms with E-state index in [0.29, 0.717) is 5.56 Å². The topological polar surface area (TPSA) is 29.9 Å². The highest BCUT2D eigenvalue weighted by Gasteiger charge is 2.14. The van der Waals surface area contributed by atoms with Crippen LogP contribution in [0.15, 0.2) is 22.8 Å². The highest BCUT2D eigenvalue weighted by atomic mass is 79.9. The highest BCUT2D eigenvalue weighted by Crippen LogP contribution is 2.29. The van der Waals surface area contributed by atoms with Crippen molar-refractivity contribution in [3.63, 3.8) is 0 Å². The number of likely N-dealkylation sites (N-methyl/N-ethyl adjacent to an activating group) is 1. The summed E-state index contributed by atoms with van der Waals surface area (Å²) < 4.78 is 16.3. The number of hydrogen-bond acceptors (Lipinski definition) is 2. The van der Waals surface area contributed by atoms with E-state index in [9.17, 15) is 4.39 Å². The molecule has 1 aromatic carbocycles. The second-order valence-corrected chi connectivity index (χ2v) is 5.30. The van der Waals surface area contributed by atoms with Gasteiger partial charge in [-0.15, -0.1) is 0 Å². The Morgan fingerprint density at radius 3 is 2.79 bits per heavy atom. The summed E-state index contributed by atoms with van der Waals surface area (Å²) in [5.74, 6) is 0.810. The first kappa shape index (κ1) is 14.2. The fourth-order valence-electron chi connectivity index (χ4n) is 1.96. The van der Waals surface area contributed by atoms with Crippen LogP contribution < -0.4 is 5.32 Å². The van der Waals surface area contributed by atoms with Crippen molar-refractivity contribution in [3.8, 4) is 11.3 Å². The molecule has 0 atom stereocenters. The standard InChI is InChI=1S/C14H17BrFN3/c1-9-8-10(4-5-11(9)16)13-14(15)19(3)12(18-13)6-7-17-2/h4-5,8,17H,6-7H2,1-3H3. The zero-order valence-electron chi connectivity index (χ0n) is 11.3. The van der Waals surface area contributed by atoms with E-state index in [1.165, 1.54) is 6.07 Å². The quantitative estimate of drug-likeness (QED) is 0.936. The van der Waals surface area contributed by atoms with Gasteiger partial charge in [0.05, 0.1) is 0 Å². The minimum atomic E-state index is -0.189. The van der Waals surface area contributed by atoms with E-state index in [0.717, 1.165) is 34.7 Å². The van der Waals surface area contributed by atoms with E-state index in [1.807, 2.05) is 24.7 Å². The Hall–Kier alpha value is -1.20.